The number of nitrogens with zero attached hydrogens (tertiary/aromatic N) is 1. The van der Waals surface area contributed by atoms with Gasteiger partial charge in [-0.3, -0.25) is 4.98 Å². The van der Waals surface area contributed by atoms with E-state index in [1.165, 1.54) is 49.7 Å². The molecule has 2 rings (SSSR count). The van der Waals surface area contributed by atoms with Crippen LogP contribution < -0.4 is 0 Å². The largest absolute Gasteiger partial charge is 0.300 e. The van der Waals surface area contributed by atoms with Crippen LogP contribution in [0.15, 0.2) is 54.9 Å². The molecule has 0 saturated heterocycles. The number of hydrogen-bond donors (Lipinski definition) is 0. The van der Waals surface area contributed by atoms with Gasteiger partial charge in [-0.05, 0) is 37.0 Å². The first-order valence-electron chi connectivity index (χ1n) is 9.21. The third kappa shape index (κ3) is 6.66. The van der Waals surface area contributed by atoms with Crippen molar-refractivity contribution < 1.29 is 4.79 Å². The number of ketones is 1. The summed E-state index contributed by atoms with van der Waals surface area (Å²) in [4.78, 5) is 15.2. The Labute approximate surface area is 146 Å². The second-order valence-corrected chi connectivity index (χ2v) is 6.61. The standard InChI is InChI=1S/C22H29NO/c1-19(24)12-7-4-2-3-5-10-16-22(20-13-8-6-9-14-20)21-15-11-17-23-18-21/h6,8-9,11,13-15,17-18,22H,2-5,7,10,12,16H2,1H3. The van der Waals surface area contributed by atoms with E-state index in [0.29, 0.717) is 11.7 Å². The summed E-state index contributed by atoms with van der Waals surface area (Å²) in [6.07, 6.45) is 13.0. The molecule has 1 aromatic heterocycles. The molecular weight excluding hydrogens is 294 g/mol. The van der Waals surface area contributed by atoms with Gasteiger partial charge in [0.2, 0.25) is 0 Å². The van der Waals surface area contributed by atoms with Crippen LogP contribution in [0, 0.1) is 0 Å². The number of rotatable bonds is 11. The molecule has 0 aliphatic rings. The van der Waals surface area contributed by atoms with Crippen molar-refractivity contribution in [3.05, 3.63) is 66.0 Å². The number of Topliss-reactive ketones (excluding diaryl/α,β-unsaturated/α-hetero) is 1. The molecule has 1 aromatic carbocycles. The first kappa shape index (κ1) is 18.4. The van der Waals surface area contributed by atoms with Gasteiger partial charge in [0.05, 0.1) is 0 Å². The van der Waals surface area contributed by atoms with Gasteiger partial charge in [-0.1, -0.05) is 68.5 Å². The normalized spacial score (nSPS) is 12.0. The maximum atomic E-state index is 10.9. The zero-order valence-corrected chi connectivity index (χ0v) is 14.8. The van der Waals surface area contributed by atoms with E-state index in [2.05, 4.69) is 41.4 Å². The second kappa shape index (κ2) is 10.7. The SMILES string of the molecule is CC(=O)CCCCCCCCC(c1ccccc1)c1cccnc1. The summed E-state index contributed by atoms with van der Waals surface area (Å²) in [7, 11) is 0. The Hall–Kier alpha value is -1.96. The van der Waals surface area contributed by atoms with Gasteiger partial charge in [0.15, 0.2) is 0 Å². The molecule has 0 radical (unpaired) electrons. The van der Waals surface area contributed by atoms with Crippen molar-refractivity contribution in [2.45, 2.75) is 64.2 Å². The van der Waals surface area contributed by atoms with Crippen molar-refractivity contribution in [3.63, 3.8) is 0 Å². The second-order valence-electron chi connectivity index (χ2n) is 6.61. The lowest BCUT2D eigenvalue weighted by atomic mass is 9.87. The number of hydrogen-bond acceptors (Lipinski definition) is 2. The minimum Gasteiger partial charge on any atom is -0.300 e. The summed E-state index contributed by atoms with van der Waals surface area (Å²) in [5, 5.41) is 0. The van der Waals surface area contributed by atoms with Crippen molar-refractivity contribution in [1.29, 1.82) is 0 Å². The minimum atomic E-state index is 0.317. The number of pyridine rings is 1. The van der Waals surface area contributed by atoms with E-state index in [4.69, 9.17) is 0 Å². The molecule has 1 unspecified atom stereocenters. The average Bonchev–Trinajstić information content (AvgIpc) is 2.62. The predicted molar refractivity (Wildman–Crippen MR) is 100 cm³/mol. The van der Waals surface area contributed by atoms with Gasteiger partial charge >= 0.3 is 0 Å². The molecule has 0 saturated carbocycles. The molecule has 0 aliphatic carbocycles. The minimum absolute atomic E-state index is 0.317. The van der Waals surface area contributed by atoms with Gasteiger partial charge in [0.1, 0.15) is 5.78 Å². The average molecular weight is 323 g/mol. The molecule has 0 fully saturated rings. The molecule has 1 atom stereocenters. The third-order valence-electron chi connectivity index (χ3n) is 4.56. The van der Waals surface area contributed by atoms with E-state index in [-0.39, 0.29) is 0 Å². The Balaban J connectivity index is 1.77. The zero-order chi connectivity index (χ0) is 17.0. The molecule has 0 aliphatic heterocycles. The molecule has 2 heteroatoms. The van der Waals surface area contributed by atoms with Crippen molar-refractivity contribution in [1.82, 2.24) is 4.98 Å². The summed E-state index contributed by atoms with van der Waals surface area (Å²) < 4.78 is 0. The molecule has 0 amide bonds. The Morgan fingerprint density at radius 3 is 2.21 bits per heavy atom. The van der Waals surface area contributed by atoms with Crippen molar-refractivity contribution in [2.75, 3.05) is 0 Å². The van der Waals surface area contributed by atoms with Crippen molar-refractivity contribution in [3.8, 4) is 0 Å². The molecule has 0 bridgehead atoms. The Kier molecular flexibility index (Phi) is 8.23. The fourth-order valence-corrected chi connectivity index (χ4v) is 3.22. The van der Waals surface area contributed by atoms with Crippen LogP contribution in [0.3, 0.4) is 0 Å². The van der Waals surface area contributed by atoms with E-state index in [9.17, 15) is 4.79 Å². The summed E-state index contributed by atoms with van der Waals surface area (Å²) >= 11 is 0. The van der Waals surface area contributed by atoms with Crippen LogP contribution in [0.1, 0.15) is 75.3 Å². The van der Waals surface area contributed by atoms with Crippen LogP contribution in [0.2, 0.25) is 0 Å². The molecule has 0 N–H and O–H groups in total. The number of unbranched alkanes of at least 4 members (excludes halogenated alkanes) is 5. The lowest BCUT2D eigenvalue weighted by Gasteiger charge is -2.17. The summed E-state index contributed by atoms with van der Waals surface area (Å²) in [5.41, 5.74) is 2.69. The lowest BCUT2D eigenvalue weighted by molar-refractivity contribution is -0.117. The van der Waals surface area contributed by atoms with Gasteiger partial charge in [0, 0.05) is 24.7 Å². The van der Waals surface area contributed by atoms with Crippen LogP contribution in [-0.4, -0.2) is 10.8 Å². The molecule has 0 spiro atoms. The van der Waals surface area contributed by atoms with Gasteiger partial charge in [-0.15, -0.1) is 0 Å². The molecular formula is C22H29NO. The quantitative estimate of drug-likeness (QED) is 0.480. The van der Waals surface area contributed by atoms with Gasteiger partial charge in [-0.25, -0.2) is 0 Å². The Morgan fingerprint density at radius 1 is 0.875 bits per heavy atom. The van der Waals surface area contributed by atoms with E-state index in [0.717, 1.165) is 12.8 Å². The highest BCUT2D eigenvalue weighted by Gasteiger charge is 2.13. The number of carbonyl (C=O) groups excluding carboxylic acids is 1. The number of aromatic nitrogens is 1. The lowest BCUT2D eigenvalue weighted by Crippen LogP contribution is -2.01. The summed E-state index contributed by atoms with van der Waals surface area (Å²) in [6, 6.07) is 15.0. The van der Waals surface area contributed by atoms with E-state index < -0.39 is 0 Å². The molecule has 2 nitrogen and oxygen atoms in total. The van der Waals surface area contributed by atoms with Crippen LogP contribution in [-0.2, 0) is 4.79 Å². The maximum Gasteiger partial charge on any atom is 0.129 e. The number of carbonyl (C=O) groups is 1. The van der Waals surface area contributed by atoms with Crippen molar-refractivity contribution in [2.24, 2.45) is 0 Å². The fraction of sp³-hybridized carbons (Fsp3) is 0.455. The van der Waals surface area contributed by atoms with Gasteiger partial charge in [-0.2, -0.15) is 0 Å². The van der Waals surface area contributed by atoms with Gasteiger partial charge < -0.3 is 4.79 Å². The zero-order valence-electron chi connectivity index (χ0n) is 14.8. The maximum absolute atomic E-state index is 10.9. The van der Waals surface area contributed by atoms with E-state index in [1.54, 1.807) is 6.92 Å². The van der Waals surface area contributed by atoms with Crippen LogP contribution >= 0.6 is 0 Å². The monoisotopic (exact) mass is 323 g/mol. The van der Waals surface area contributed by atoms with Crippen LogP contribution in [0.4, 0.5) is 0 Å². The van der Waals surface area contributed by atoms with E-state index in [1.807, 2.05) is 18.5 Å². The molecule has 1 heterocycles. The smallest absolute Gasteiger partial charge is 0.129 e. The molecule has 2 aromatic rings. The Bertz CT molecular complexity index is 540. The highest BCUT2D eigenvalue weighted by atomic mass is 16.1. The Morgan fingerprint density at radius 2 is 1.54 bits per heavy atom. The highest BCUT2D eigenvalue weighted by molar-refractivity contribution is 5.75. The summed E-state index contributed by atoms with van der Waals surface area (Å²) in [6.45, 7) is 1.68. The summed E-state index contributed by atoms with van der Waals surface area (Å²) in [5.74, 6) is 0.759. The fourth-order valence-electron chi connectivity index (χ4n) is 3.22. The number of benzene rings is 1. The highest BCUT2D eigenvalue weighted by Crippen LogP contribution is 2.29. The predicted octanol–water partition coefficient (Wildman–Crippen LogP) is 5.92. The molecule has 24 heavy (non-hydrogen) atoms. The molecule has 128 valence electrons. The van der Waals surface area contributed by atoms with Crippen LogP contribution in [0.25, 0.3) is 0 Å². The van der Waals surface area contributed by atoms with E-state index >= 15 is 0 Å². The first-order chi connectivity index (χ1) is 11.8. The topological polar surface area (TPSA) is 30.0 Å². The van der Waals surface area contributed by atoms with Crippen LogP contribution in [0.5, 0.6) is 0 Å². The van der Waals surface area contributed by atoms with Crippen molar-refractivity contribution >= 4 is 5.78 Å². The first-order valence-corrected chi connectivity index (χ1v) is 9.21. The van der Waals surface area contributed by atoms with Gasteiger partial charge in [0.25, 0.3) is 0 Å². The third-order valence-corrected chi connectivity index (χ3v) is 4.56.